The average molecular weight is 222 g/mol. The zero-order valence-electron chi connectivity index (χ0n) is 9.46. The summed E-state index contributed by atoms with van der Waals surface area (Å²) in [5.41, 5.74) is 1.35. The molecule has 0 bridgehead atoms. The molecule has 86 valence electrons. The summed E-state index contributed by atoms with van der Waals surface area (Å²) in [4.78, 5) is 13.4. The molecule has 4 heteroatoms. The van der Waals surface area contributed by atoms with Gasteiger partial charge in [-0.3, -0.25) is 4.79 Å². The van der Waals surface area contributed by atoms with Gasteiger partial charge < -0.3 is 10.2 Å². The lowest BCUT2D eigenvalue weighted by Gasteiger charge is -2.17. The third-order valence-electron chi connectivity index (χ3n) is 2.95. The van der Waals surface area contributed by atoms with Gasteiger partial charge in [-0.2, -0.15) is 0 Å². The summed E-state index contributed by atoms with van der Waals surface area (Å²) in [6.45, 7) is 2.46. The summed E-state index contributed by atoms with van der Waals surface area (Å²) in [5.74, 6) is -0.386. The van der Waals surface area contributed by atoms with Gasteiger partial charge in [0.25, 0.3) is 0 Å². The molecule has 1 amide bonds. The predicted molar refractivity (Wildman–Crippen MR) is 61.0 cm³/mol. The van der Waals surface area contributed by atoms with E-state index in [0.29, 0.717) is 12.2 Å². The van der Waals surface area contributed by atoms with E-state index in [1.165, 1.54) is 11.0 Å². The maximum Gasteiger partial charge on any atom is 0.244 e. The van der Waals surface area contributed by atoms with E-state index in [1.54, 1.807) is 19.2 Å². The normalized spacial score (nSPS) is 20.6. The summed E-state index contributed by atoms with van der Waals surface area (Å²) >= 11 is 0. The van der Waals surface area contributed by atoms with Crippen LogP contribution in [-0.2, 0) is 4.79 Å². The smallest absolute Gasteiger partial charge is 0.244 e. The number of halogens is 1. The van der Waals surface area contributed by atoms with E-state index < -0.39 is 0 Å². The van der Waals surface area contributed by atoms with Crippen molar-refractivity contribution in [3.8, 4) is 0 Å². The zero-order chi connectivity index (χ0) is 11.7. The van der Waals surface area contributed by atoms with Crippen molar-refractivity contribution in [2.75, 3.05) is 18.5 Å². The lowest BCUT2D eigenvalue weighted by atomic mass is 10.2. The first kappa shape index (κ1) is 11.1. The van der Waals surface area contributed by atoms with E-state index in [1.807, 2.05) is 6.92 Å². The highest BCUT2D eigenvalue weighted by molar-refractivity contribution is 5.99. The third-order valence-corrected chi connectivity index (χ3v) is 2.95. The monoisotopic (exact) mass is 222 g/mol. The Balaban J connectivity index is 2.32. The minimum atomic E-state index is -0.337. The van der Waals surface area contributed by atoms with Crippen molar-refractivity contribution in [3.63, 3.8) is 0 Å². The molecule has 1 aromatic carbocycles. The van der Waals surface area contributed by atoms with Gasteiger partial charge in [0.15, 0.2) is 0 Å². The molecule has 1 aliphatic rings. The highest BCUT2D eigenvalue weighted by Gasteiger charge is 2.32. The largest absolute Gasteiger partial charge is 0.309 e. The van der Waals surface area contributed by atoms with Crippen LogP contribution < -0.4 is 10.2 Å². The Labute approximate surface area is 94.3 Å². The summed E-state index contributed by atoms with van der Waals surface area (Å²) in [6.07, 6.45) is 0.725. The molecule has 2 rings (SSSR count). The van der Waals surface area contributed by atoms with Crippen molar-refractivity contribution in [1.29, 1.82) is 0 Å². The molecular weight excluding hydrogens is 207 g/mol. The fourth-order valence-electron chi connectivity index (χ4n) is 2.02. The number of carbonyl (C=O) groups excluding carboxylic acids is 1. The number of nitrogens with one attached hydrogen (secondary N) is 1. The summed E-state index contributed by atoms with van der Waals surface area (Å²) in [5, 5.41) is 2.93. The standard InChI is InChI=1S/C12H15FN2O/c1-8-3-4-9(13)11(7-8)15-6-5-10(14-2)12(15)16/h3-4,7,10,14H,5-6H2,1-2H3. The van der Waals surface area contributed by atoms with Gasteiger partial charge in [-0.25, -0.2) is 4.39 Å². The molecule has 1 saturated heterocycles. The number of benzene rings is 1. The van der Waals surface area contributed by atoms with E-state index in [4.69, 9.17) is 0 Å². The molecule has 0 radical (unpaired) electrons. The average Bonchev–Trinajstić information content (AvgIpc) is 2.63. The van der Waals surface area contributed by atoms with Crippen molar-refractivity contribution < 1.29 is 9.18 Å². The Morgan fingerprint density at radius 2 is 2.25 bits per heavy atom. The highest BCUT2D eigenvalue weighted by Crippen LogP contribution is 2.25. The second-order valence-corrected chi connectivity index (χ2v) is 4.07. The number of hydrogen-bond donors (Lipinski definition) is 1. The lowest BCUT2D eigenvalue weighted by Crippen LogP contribution is -2.36. The molecular formula is C12H15FN2O. The van der Waals surface area contributed by atoms with Crippen LogP contribution in [0.15, 0.2) is 18.2 Å². The number of amides is 1. The first-order valence-electron chi connectivity index (χ1n) is 5.38. The number of rotatable bonds is 2. The van der Waals surface area contributed by atoms with Gasteiger partial charge >= 0.3 is 0 Å². The van der Waals surface area contributed by atoms with Crippen LogP contribution in [0.25, 0.3) is 0 Å². The van der Waals surface area contributed by atoms with Crippen LogP contribution in [0.3, 0.4) is 0 Å². The van der Waals surface area contributed by atoms with Gasteiger partial charge in [0, 0.05) is 6.54 Å². The molecule has 1 aromatic rings. The Morgan fingerprint density at radius 1 is 1.50 bits per heavy atom. The quantitative estimate of drug-likeness (QED) is 0.821. The summed E-state index contributed by atoms with van der Waals surface area (Å²) < 4.78 is 13.6. The number of likely N-dealkylation sites (N-methyl/N-ethyl adjacent to an activating group) is 1. The number of nitrogens with zero attached hydrogens (tertiary/aromatic N) is 1. The lowest BCUT2D eigenvalue weighted by molar-refractivity contribution is -0.118. The molecule has 1 fully saturated rings. The van der Waals surface area contributed by atoms with E-state index in [9.17, 15) is 9.18 Å². The number of anilines is 1. The Hall–Kier alpha value is -1.42. The molecule has 0 saturated carbocycles. The molecule has 3 nitrogen and oxygen atoms in total. The minimum Gasteiger partial charge on any atom is -0.309 e. The van der Waals surface area contributed by atoms with E-state index in [0.717, 1.165) is 12.0 Å². The van der Waals surface area contributed by atoms with Gasteiger partial charge in [-0.1, -0.05) is 6.07 Å². The molecule has 1 heterocycles. The molecule has 1 aliphatic heterocycles. The van der Waals surface area contributed by atoms with Gasteiger partial charge in [-0.05, 0) is 38.1 Å². The molecule has 0 spiro atoms. The molecule has 1 N–H and O–H groups in total. The van der Waals surface area contributed by atoms with E-state index in [2.05, 4.69) is 5.32 Å². The zero-order valence-corrected chi connectivity index (χ0v) is 9.46. The molecule has 0 aromatic heterocycles. The summed E-state index contributed by atoms with van der Waals surface area (Å²) in [6, 6.07) is 4.64. The summed E-state index contributed by atoms with van der Waals surface area (Å²) in [7, 11) is 1.75. The highest BCUT2D eigenvalue weighted by atomic mass is 19.1. The Morgan fingerprint density at radius 3 is 2.88 bits per heavy atom. The van der Waals surface area contributed by atoms with Crippen LogP contribution in [0.2, 0.25) is 0 Å². The second kappa shape index (κ2) is 4.22. The molecule has 1 atom stereocenters. The fourth-order valence-corrected chi connectivity index (χ4v) is 2.02. The van der Waals surface area contributed by atoms with Crippen LogP contribution >= 0.6 is 0 Å². The number of hydrogen-bond acceptors (Lipinski definition) is 2. The van der Waals surface area contributed by atoms with Crippen molar-refractivity contribution in [2.45, 2.75) is 19.4 Å². The van der Waals surface area contributed by atoms with Crippen LogP contribution in [0.1, 0.15) is 12.0 Å². The van der Waals surface area contributed by atoms with Crippen LogP contribution in [0.5, 0.6) is 0 Å². The van der Waals surface area contributed by atoms with Crippen molar-refractivity contribution >= 4 is 11.6 Å². The molecule has 1 unspecified atom stereocenters. The minimum absolute atomic E-state index is 0.0491. The van der Waals surface area contributed by atoms with Gasteiger partial charge in [-0.15, -0.1) is 0 Å². The topological polar surface area (TPSA) is 32.3 Å². The maximum atomic E-state index is 13.6. The number of carbonyl (C=O) groups is 1. The maximum absolute atomic E-state index is 13.6. The molecule has 0 aliphatic carbocycles. The molecule has 16 heavy (non-hydrogen) atoms. The van der Waals surface area contributed by atoms with Gasteiger partial charge in [0.2, 0.25) is 5.91 Å². The van der Waals surface area contributed by atoms with Gasteiger partial charge in [0.05, 0.1) is 11.7 Å². The SMILES string of the molecule is CNC1CCN(c2cc(C)ccc2F)C1=O. The second-order valence-electron chi connectivity index (χ2n) is 4.07. The Kier molecular flexibility index (Phi) is 2.92. The van der Waals surface area contributed by atoms with Crippen LogP contribution in [0, 0.1) is 12.7 Å². The first-order valence-corrected chi connectivity index (χ1v) is 5.38. The first-order chi connectivity index (χ1) is 7.63. The van der Waals surface area contributed by atoms with Crippen molar-refractivity contribution in [3.05, 3.63) is 29.6 Å². The number of aryl methyl sites for hydroxylation is 1. The van der Waals surface area contributed by atoms with Crippen LogP contribution in [-0.4, -0.2) is 25.5 Å². The predicted octanol–water partition coefficient (Wildman–Crippen LogP) is 1.46. The van der Waals surface area contributed by atoms with Crippen LogP contribution in [0.4, 0.5) is 10.1 Å². The Bertz CT molecular complexity index is 419. The van der Waals surface area contributed by atoms with E-state index in [-0.39, 0.29) is 17.8 Å². The van der Waals surface area contributed by atoms with E-state index >= 15 is 0 Å². The van der Waals surface area contributed by atoms with Crippen molar-refractivity contribution in [2.24, 2.45) is 0 Å². The third kappa shape index (κ3) is 1.80. The van der Waals surface area contributed by atoms with Crippen molar-refractivity contribution in [1.82, 2.24) is 5.32 Å². The van der Waals surface area contributed by atoms with Gasteiger partial charge in [0.1, 0.15) is 5.82 Å². The fraction of sp³-hybridized carbons (Fsp3) is 0.417.